The van der Waals surface area contributed by atoms with Crippen molar-refractivity contribution in [2.24, 2.45) is 0 Å². The predicted molar refractivity (Wildman–Crippen MR) is 78.6 cm³/mol. The maximum absolute atomic E-state index is 12.6. The van der Waals surface area contributed by atoms with Gasteiger partial charge < -0.3 is 4.90 Å². The summed E-state index contributed by atoms with van der Waals surface area (Å²) in [6, 6.07) is 7.65. The van der Waals surface area contributed by atoms with Gasteiger partial charge in [-0.15, -0.1) is 0 Å². The number of anilines is 1. The second-order valence-corrected chi connectivity index (χ2v) is 6.65. The minimum Gasteiger partial charge on any atom is -0.309 e. The first-order chi connectivity index (χ1) is 8.99. The Hall–Kier alpha value is -1.20. The molecule has 1 aromatic rings. The molecule has 5 heteroatoms. The Bertz CT molecular complexity index is 502. The van der Waals surface area contributed by atoms with Crippen molar-refractivity contribution in [3.05, 3.63) is 29.8 Å². The molecule has 1 aliphatic rings. The van der Waals surface area contributed by atoms with Crippen LogP contribution in [-0.2, 0) is 15.6 Å². The quantitative estimate of drug-likeness (QED) is 0.911. The minimum absolute atomic E-state index is 0.00597. The van der Waals surface area contributed by atoms with Crippen LogP contribution in [0.5, 0.6) is 0 Å². The fourth-order valence-electron chi connectivity index (χ4n) is 2.28. The van der Waals surface area contributed by atoms with Crippen molar-refractivity contribution in [2.75, 3.05) is 16.5 Å². The number of nitrogens with one attached hydrogen (secondary N) is 1. The lowest BCUT2D eigenvalue weighted by Gasteiger charge is -2.29. The second kappa shape index (κ2) is 5.84. The highest BCUT2D eigenvalue weighted by Crippen LogP contribution is 2.20. The summed E-state index contributed by atoms with van der Waals surface area (Å²) in [6.07, 6.45) is 0. The molecule has 2 rings (SSSR count). The molecule has 4 nitrogen and oxygen atoms in total. The summed E-state index contributed by atoms with van der Waals surface area (Å²) in [5.74, 6) is 0.829. The lowest BCUT2D eigenvalue weighted by atomic mass is 10.1. The van der Waals surface area contributed by atoms with E-state index in [9.17, 15) is 9.00 Å². The first-order valence-corrected chi connectivity index (χ1v) is 7.96. The molecule has 1 aromatic carbocycles. The largest absolute Gasteiger partial charge is 0.309 e. The number of hydrogen-bond acceptors (Lipinski definition) is 3. The number of carbonyl (C=O) groups excluding carboxylic acids is 1. The van der Waals surface area contributed by atoms with Crippen LogP contribution >= 0.6 is 0 Å². The van der Waals surface area contributed by atoms with Gasteiger partial charge in [0.2, 0.25) is 5.91 Å². The number of benzene rings is 1. The molecule has 1 aliphatic heterocycles. The van der Waals surface area contributed by atoms with Crippen LogP contribution in [0.3, 0.4) is 0 Å². The van der Waals surface area contributed by atoms with Crippen LogP contribution in [0.15, 0.2) is 24.3 Å². The average molecular weight is 280 g/mol. The Balaban J connectivity index is 2.25. The maximum Gasteiger partial charge on any atom is 0.245 e. The lowest BCUT2D eigenvalue weighted by molar-refractivity contribution is -0.120. The average Bonchev–Trinajstić information content (AvgIpc) is 2.75. The van der Waals surface area contributed by atoms with Crippen LogP contribution in [0.4, 0.5) is 5.69 Å². The van der Waals surface area contributed by atoms with Crippen LogP contribution in [-0.4, -0.2) is 33.8 Å². The zero-order valence-corrected chi connectivity index (χ0v) is 12.4. The van der Waals surface area contributed by atoms with E-state index in [1.54, 1.807) is 4.90 Å². The minimum atomic E-state index is -0.923. The summed E-state index contributed by atoms with van der Waals surface area (Å²) in [7, 11) is -0.923. The van der Waals surface area contributed by atoms with E-state index in [1.165, 1.54) is 0 Å². The Labute approximate surface area is 116 Å². The summed E-state index contributed by atoms with van der Waals surface area (Å²) in [5.41, 5.74) is 2.03. The van der Waals surface area contributed by atoms with Gasteiger partial charge in [0.25, 0.3) is 0 Å². The number of aryl methyl sites for hydroxylation is 1. The Kier molecular flexibility index (Phi) is 4.37. The third kappa shape index (κ3) is 3.22. The molecule has 2 unspecified atom stereocenters. The van der Waals surface area contributed by atoms with Crippen molar-refractivity contribution in [3.63, 3.8) is 0 Å². The SMILES string of the molecule is Cc1cccc(N(C(=O)C2CS(=O)CN2)C(C)C)c1. The van der Waals surface area contributed by atoms with Crippen LogP contribution in [0.1, 0.15) is 19.4 Å². The molecule has 0 aromatic heterocycles. The fourth-order valence-corrected chi connectivity index (χ4v) is 3.42. The molecule has 0 aliphatic carbocycles. The third-order valence-electron chi connectivity index (χ3n) is 3.18. The van der Waals surface area contributed by atoms with Crippen molar-refractivity contribution in [2.45, 2.75) is 32.9 Å². The van der Waals surface area contributed by atoms with Gasteiger partial charge in [0.05, 0.1) is 11.9 Å². The second-order valence-electron chi connectivity index (χ2n) is 5.15. The summed E-state index contributed by atoms with van der Waals surface area (Å²) in [5, 5.41) is 3.03. The molecule has 1 amide bonds. The van der Waals surface area contributed by atoms with E-state index in [0.29, 0.717) is 11.6 Å². The van der Waals surface area contributed by atoms with E-state index in [2.05, 4.69) is 5.32 Å². The molecule has 0 radical (unpaired) electrons. The monoisotopic (exact) mass is 280 g/mol. The molecule has 1 heterocycles. The van der Waals surface area contributed by atoms with Crippen molar-refractivity contribution in [1.82, 2.24) is 5.32 Å². The summed E-state index contributed by atoms with van der Waals surface area (Å²) < 4.78 is 11.4. The van der Waals surface area contributed by atoms with Gasteiger partial charge in [-0.25, -0.2) is 0 Å². The molecule has 1 fully saturated rings. The first kappa shape index (κ1) is 14.2. The number of rotatable bonds is 3. The van der Waals surface area contributed by atoms with Crippen LogP contribution in [0, 0.1) is 6.92 Å². The first-order valence-electron chi connectivity index (χ1n) is 6.47. The molecule has 104 valence electrons. The highest BCUT2D eigenvalue weighted by molar-refractivity contribution is 7.85. The van der Waals surface area contributed by atoms with Crippen molar-refractivity contribution in [1.29, 1.82) is 0 Å². The summed E-state index contributed by atoms with van der Waals surface area (Å²) in [6.45, 7) is 5.99. The normalized spacial score (nSPS) is 22.7. The lowest BCUT2D eigenvalue weighted by Crippen LogP contribution is -2.48. The van der Waals surface area contributed by atoms with Gasteiger partial charge in [-0.1, -0.05) is 12.1 Å². The highest BCUT2D eigenvalue weighted by Gasteiger charge is 2.32. The van der Waals surface area contributed by atoms with E-state index >= 15 is 0 Å². The van der Waals surface area contributed by atoms with Gasteiger partial charge >= 0.3 is 0 Å². The van der Waals surface area contributed by atoms with E-state index < -0.39 is 10.8 Å². The molecule has 0 spiro atoms. The van der Waals surface area contributed by atoms with Gasteiger partial charge in [0.1, 0.15) is 0 Å². The van der Waals surface area contributed by atoms with E-state index in [1.807, 2.05) is 45.0 Å². The Morgan fingerprint density at radius 1 is 1.47 bits per heavy atom. The third-order valence-corrected chi connectivity index (χ3v) is 4.37. The molecule has 0 saturated carbocycles. The van der Waals surface area contributed by atoms with E-state index in [0.717, 1.165) is 11.3 Å². The Morgan fingerprint density at radius 3 is 2.74 bits per heavy atom. The van der Waals surface area contributed by atoms with Crippen LogP contribution < -0.4 is 10.2 Å². The van der Waals surface area contributed by atoms with Crippen molar-refractivity contribution >= 4 is 22.4 Å². The zero-order valence-electron chi connectivity index (χ0n) is 11.6. The Morgan fingerprint density at radius 2 is 2.21 bits per heavy atom. The topological polar surface area (TPSA) is 49.4 Å². The van der Waals surface area contributed by atoms with E-state index in [4.69, 9.17) is 0 Å². The van der Waals surface area contributed by atoms with Crippen LogP contribution in [0.25, 0.3) is 0 Å². The van der Waals surface area contributed by atoms with Crippen LogP contribution in [0.2, 0.25) is 0 Å². The molecular formula is C14H20N2O2S. The van der Waals surface area contributed by atoms with Crippen molar-refractivity contribution in [3.8, 4) is 0 Å². The zero-order chi connectivity index (χ0) is 14.0. The number of amides is 1. The maximum atomic E-state index is 12.6. The number of carbonyl (C=O) groups is 1. The molecule has 1 N–H and O–H groups in total. The molecule has 1 saturated heterocycles. The van der Waals surface area contributed by atoms with Gasteiger partial charge in [-0.2, -0.15) is 0 Å². The van der Waals surface area contributed by atoms with Gasteiger partial charge in [0, 0.05) is 28.3 Å². The fraction of sp³-hybridized carbons (Fsp3) is 0.500. The summed E-state index contributed by atoms with van der Waals surface area (Å²) >= 11 is 0. The smallest absolute Gasteiger partial charge is 0.245 e. The van der Waals surface area contributed by atoms with E-state index in [-0.39, 0.29) is 18.0 Å². The molecular weight excluding hydrogens is 260 g/mol. The number of nitrogens with zero attached hydrogens (tertiary/aromatic N) is 1. The highest BCUT2D eigenvalue weighted by atomic mass is 32.2. The summed E-state index contributed by atoms with van der Waals surface area (Å²) in [4.78, 5) is 14.4. The van der Waals surface area contributed by atoms with Gasteiger partial charge in [-0.3, -0.25) is 14.3 Å². The molecule has 2 atom stereocenters. The molecule has 19 heavy (non-hydrogen) atoms. The standard InChI is InChI=1S/C14H20N2O2S/c1-10(2)16(12-6-4-5-11(3)7-12)14(17)13-8-19(18)9-15-13/h4-7,10,13,15H,8-9H2,1-3H3. The van der Waals surface area contributed by atoms with Crippen molar-refractivity contribution < 1.29 is 9.00 Å². The van der Waals surface area contributed by atoms with Gasteiger partial charge in [-0.05, 0) is 38.5 Å². The predicted octanol–water partition coefficient (Wildman–Crippen LogP) is 1.41. The van der Waals surface area contributed by atoms with Gasteiger partial charge in [0.15, 0.2) is 0 Å². The number of hydrogen-bond donors (Lipinski definition) is 1. The molecule has 0 bridgehead atoms.